The van der Waals surface area contributed by atoms with Gasteiger partial charge in [0.05, 0.1) is 12.6 Å². The van der Waals surface area contributed by atoms with Gasteiger partial charge in [-0.1, -0.05) is 46.6 Å². The van der Waals surface area contributed by atoms with Crippen molar-refractivity contribution < 1.29 is 4.74 Å². The van der Waals surface area contributed by atoms with Crippen molar-refractivity contribution in [3.8, 4) is 5.75 Å². The molecule has 0 aliphatic rings. The van der Waals surface area contributed by atoms with Gasteiger partial charge in [0, 0.05) is 9.50 Å². The van der Waals surface area contributed by atoms with Gasteiger partial charge in [-0.05, 0) is 54.9 Å². The lowest BCUT2D eigenvalue weighted by atomic mass is 9.98. The minimum Gasteiger partial charge on any atom is -0.494 e. The van der Waals surface area contributed by atoms with Crippen LogP contribution in [0.4, 0.5) is 0 Å². The number of ether oxygens (including phenoxy) is 1. The standard InChI is InChI=1S/C17H19BrClNO/c1-3-20-17(13-8-14(18)11-15(19)9-13)12-6-5-7-16(10-12)21-4-2/h5-11,17,20H,3-4H2,1-2H3. The molecule has 0 heterocycles. The Hall–Kier alpha value is -1.03. The summed E-state index contributed by atoms with van der Waals surface area (Å²) in [5.74, 6) is 0.888. The second-order valence-corrected chi connectivity index (χ2v) is 6.05. The van der Waals surface area contributed by atoms with Crippen LogP contribution < -0.4 is 10.1 Å². The molecule has 0 aromatic heterocycles. The smallest absolute Gasteiger partial charge is 0.119 e. The van der Waals surface area contributed by atoms with Crippen LogP contribution in [-0.4, -0.2) is 13.2 Å². The summed E-state index contributed by atoms with van der Waals surface area (Å²) in [5.41, 5.74) is 2.29. The molecule has 0 spiro atoms. The van der Waals surface area contributed by atoms with Crippen molar-refractivity contribution in [1.29, 1.82) is 0 Å². The molecule has 2 rings (SSSR count). The molecule has 1 atom stereocenters. The van der Waals surface area contributed by atoms with Gasteiger partial charge in [0.1, 0.15) is 5.75 Å². The first-order valence-corrected chi connectivity index (χ1v) is 8.23. The SMILES string of the molecule is CCNC(c1cc(Cl)cc(Br)c1)c1cccc(OCC)c1. The Balaban J connectivity index is 2.40. The van der Waals surface area contributed by atoms with E-state index in [1.165, 1.54) is 0 Å². The number of halogens is 2. The summed E-state index contributed by atoms with van der Waals surface area (Å²) in [7, 11) is 0. The predicted octanol–water partition coefficient (Wildman–Crippen LogP) is 5.20. The lowest BCUT2D eigenvalue weighted by Gasteiger charge is -2.20. The molecule has 0 fully saturated rings. The maximum absolute atomic E-state index is 6.18. The zero-order valence-electron chi connectivity index (χ0n) is 12.2. The van der Waals surface area contributed by atoms with Crippen molar-refractivity contribution in [2.75, 3.05) is 13.2 Å². The first-order valence-electron chi connectivity index (χ1n) is 7.06. The largest absolute Gasteiger partial charge is 0.494 e. The van der Waals surface area contributed by atoms with Crippen LogP contribution in [0.15, 0.2) is 46.9 Å². The Kier molecular flexibility index (Phi) is 6.09. The van der Waals surface area contributed by atoms with Crippen molar-refractivity contribution in [2.24, 2.45) is 0 Å². The zero-order valence-corrected chi connectivity index (χ0v) is 14.5. The summed E-state index contributed by atoms with van der Waals surface area (Å²) in [6.45, 7) is 5.62. The van der Waals surface area contributed by atoms with Crippen LogP contribution >= 0.6 is 27.5 Å². The summed E-state index contributed by atoms with van der Waals surface area (Å²) in [6, 6.07) is 14.2. The Bertz CT molecular complexity index is 583. The third-order valence-corrected chi connectivity index (χ3v) is 3.80. The van der Waals surface area contributed by atoms with Crippen LogP contribution in [0.3, 0.4) is 0 Å². The van der Waals surface area contributed by atoms with Crippen LogP contribution in [-0.2, 0) is 0 Å². The molecule has 0 saturated carbocycles. The van der Waals surface area contributed by atoms with Crippen LogP contribution in [0.2, 0.25) is 5.02 Å². The molecule has 1 unspecified atom stereocenters. The highest BCUT2D eigenvalue weighted by molar-refractivity contribution is 9.10. The lowest BCUT2D eigenvalue weighted by Crippen LogP contribution is -2.22. The van der Waals surface area contributed by atoms with Crippen molar-refractivity contribution in [3.05, 3.63) is 63.1 Å². The van der Waals surface area contributed by atoms with E-state index in [9.17, 15) is 0 Å². The van der Waals surface area contributed by atoms with Crippen LogP contribution in [0.1, 0.15) is 31.0 Å². The number of nitrogens with one attached hydrogen (secondary N) is 1. The van der Waals surface area contributed by atoms with Gasteiger partial charge in [-0.2, -0.15) is 0 Å². The summed E-state index contributed by atoms with van der Waals surface area (Å²) < 4.78 is 6.58. The molecule has 2 nitrogen and oxygen atoms in total. The minimum atomic E-state index is 0.0883. The van der Waals surface area contributed by atoms with E-state index < -0.39 is 0 Å². The molecule has 0 aliphatic carbocycles. The van der Waals surface area contributed by atoms with Crippen molar-refractivity contribution in [1.82, 2.24) is 5.32 Å². The summed E-state index contributed by atoms with van der Waals surface area (Å²) in [5, 5.41) is 4.23. The average Bonchev–Trinajstić information content (AvgIpc) is 2.44. The molecule has 0 amide bonds. The van der Waals surface area contributed by atoms with Gasteiger partial charge in [-0.25, -0.2) is 0 Å². The number of hydrogen-bond donors (Lipinski definition) is 1. The molecular weight excluding hydrogens is 350 g/mol. The highest BCUT2D eigenvalue weighted by Gasteiger charge is 2.15. The van der Waals surface area contributed by atoms with Crippen LogP contribution in [0, 0.1) is 0 Å². The molecule has 2 aromatic carbocycles. The second kappa shape index (κ2) is 7.83. The molecule has 2 aromatic rings. The maximum Gasteiger partial charge on any atom is 0.119 e. The highest BCUT2D eigenvalue weighted by atomic mass is 79.9. The zero-order chi connectivity index (χ0) is 15.2. The summed E-state index contributed by atoms with van der Waals surface area (Å²) in [6.07, 6.45) is 0. The summed E-state index contributed by atoms with van der Waals surface area (Å²) in [4.78, 5) is 0. The van der Waals surface area contributed by atoms with E-state index in [0.29, 0.717) is 6.61 Å². The van der Waals surface area contributed by atoms with Gasteiger partial charge in [0.25, 0.3) is 0 Å². The molecule has 4 heteroatoms. The average molecular weight is 369 g/mol. The van der Waals surface area contributed by atoms with Gasteiger partial charge in [-0.3, -0.25) is 0 Å². The maximum atomic E-state index is 6.18. The highest BCUT2D eigenvalue weighted by Crippen LogP contribution is 2.29. The van der Waals surface area contributed by atoms with Crippen molar-refractivity contribution in [2.45, 2.75) is 19.9 Å². The molecule has 0 saturated heterocycles. The number of benzene rings is 2. The lowest BCUT2D eigenvalue weighted by molar-refractivity contribution is 0.339. The van der Waals surface area contributed by atoms with Crippen LogP contribution in [0.5, 0.6) is 5.75 Å². The Morgan fingerprint density at radius 2 is 1.95 bits per heavy atom. The van der Waals surface area contributed by atoms with Crippen molar-refractivity contribution in [3.63, 3.8) is 0 Å². The molecule has 0 radical (unpaired) electrons. The van der Waals surface area contributed by atoms with Gasteiger partial charge >= 0.3 is 0 Å². The topological polar surface area (TPSA) is 21.3 Å². The molecule has 21 heavy (non-hydrogen) atoms. The Morgan fingerprint density at radius 1 is 1.14 bits per heavy atom. The Morgan fingerprint density at radius 3 is 2.62 bits per heavy atom. The first kappa shape index (κ1) is 16.3. The fraction of sp³-hybridized carbons (Fsp3) is 0.294. The molecular formula is C17H19BrClNO. The normalized spacial score (nSPS) is 12.2. The fourth-order valence-corrected chi connectivity index (χ4v) is 3.21. The Labute approximate surface area is 139 Å². The van der Waals surface area contributed by atoms with Gasteiger partial charge < -0.3 is 10.1 Å². The van der Waals surface area contributed by atoms with Gasteiger partial charge in [-0.15, -0.1) is 0 Å². The van der Waals surface area contributed by atoms with Gasteiger partial charge in [0.2, 0.25) is 0 Å². The molecule has 112 valence electrons. The fourth-order valence-electron chi connectivity index (χ4n) is 2.32. The van der Waals surface area contributed by atoms with Crippen molar-refractivity contribution >= 4 is 27.5 Å². The van der Waals surface area contributed by atoms with E-state index in [2.05, 4.69) is 46.4 Å². The van der Waals surface area contributed by atoms with Crippen LogP contribution in [0.25, 0.3) is 0 Å². The molecule has 1 N–H and O–H groups in total. The number of hydrogen-bond acceptors (Lipinski definition) is 2. The van der Waals surface area contributed by atoms with Gasteiger partial charge in [0.15, 0.2) is 0 Å². The third kappa shape index (κ3) is 4.47. The minimum absolute atomic E-state index is 0.0883. The van der Waals surface area contributed by atoms with E-state index in [0.717, 1.165) is 32.9 Å². The monoisotopic (exact) mass is 367 g/mol. The second-order valence-electron chi connectivity index (χ2n) is 4.70. The van der Waals surface area contributed by atoms with E-state index >= 15 is 0 Å². The molecule has 0 bridgehead atoms. The van der Waals surface area contributed by atoms with E-state index in [-0.39, 0.29) is 6.04 Å². The number of rotatable bonds is 6. The molecule has 0 aliphatic heterocycles. The quantitative estimate of drug-likeness (QED) is 0.756. The van der Waals surface area contributed by atoms with E-state index in [4.69, 9.17) is 16.3 Å². The predicted molar refractivity (Wildman–Crippen MR) is 92.3 cm³/mol. The van der Waals surface area contributed by atoms with E-state index in [1.807, 2.05) is 31.2 Å². The summed E-state index contributed by atoms with van der Waals surface area (Å²) >= 11 is 9.69. The van der Waals surface area contributed by atoms with E-state index in [1.54, 1.807) is 0 Å². The first-order chi connectivity index (χ1) is 10.1. The third-order valence-electron chi connectivity index (χ3n) is 3.13.